The zero-order valence-electron chi connectivity index (χ0n) is 18.0. The minimum atomic E-state index is -0.256. The zero-order chi connectivity index (χ0) is 22.3. The van der Waals surface area contributed by atoms with E-state index in [1.165, 1.54) is 6.92 Å². The van der Waals surface area contributed by atoms with Crippen molar-refractivity contribution in [2.45, 2.75) is 24.9 Å². The molecular formula is C24H27N3O4. The molecule has 0 spiro atoms. The van der Waals surface area contributed by atoms with E-state index < -0.39 is 0 Å². The van der Waals surface area contributed by atoms with Crippen molar-refractivity contribution in [2.75, 3.05) is 33.8 Å². The largest absolute Gasteiger partial charge is 0.394 e. The summed E-state index contributed by atoms with van der Waals surface area (Å²) >= 11 is 0. The Morgan fingerprint density at radius 1 is 1.03 bits per heavy atom. The number of amides is 3. The first-order valence-electron chi connectivity index (χ1n) is 10.4. The fourth-order valence-corrected chi connectivity index (χ4v) is 4.70. The van der Waals surface area contributed by atoms with Gasteiger partial charge in [0.2, 0.25) is 11.8 Å². The highest BCUT2D eigenvalue weighted by Crippen LogP contribution is 2.43. The first-order valence-corrected chi connectivity index (χ1v) is 10.4. The van der Waals surface area contributed by atoms with Crippen molar-refractivity contribution >= 4 is 17.7 Å². The van der Waals surface area contributed by atoms with E-state index in [0.29, 0.717) is 12.1 Å². The average molecular weight is 421 g/mol. The standard InChI is InChI=1S/C24H27N3O4/c1-15(29)26-12-20-23(21(14-28)27(20)22(30)13-26)18-8-4-16(5-9-18)17-6-10-19(11-7-17)24(31)25(2)3/h4-11,20-21,23,28H,12-14H2,1-3H3/t20-,21+,23+/m0/s1. The van der Waals surface area contributed by atoms with Crippen molar-refractivity contribution in [1.29, 1.82) is 0 Å². The highest BCUT2D eigenvalue weighted by Gasteiger charge is 2.54. The molecule has 0 aliphatic carbocycles. The van der Waals surface area contributed by atoms with Crippen LogP contribution >= 0.6 is 0 Å². The summed E-state index contributed by atoms with van der Waals surface area (Å²) in [5.41, 5.74) is 3.71. The molecule has 2 heterocycles. The van der Waals surface area contributed by atoms with Crippen LogP contribution in [0.25, 0.3) is 11.1 Å². The second-order valence-electron chi connectivity index (χ2n) is 8.44. The number of carbonyl (C=O) groups excluding carboxylic acids is 3. The second-order valence-corrected chi connectivity index (χ2v) is 8.44. The van der Waals surface area contributed by atoms with Crippen LogP contribution in [0.5, 0.6) is 0 Å². The van der Waals surface area contributed by atoms with Crippen LogP contribution in [-0.2, 0) is 9.59 Å². The van der Waals surface area contributed by atoms with Crippen LogP contribution in [-0.4, -0.2) is 83.4 Å². The van der Waals surface area contributed by atoms with Crippen LogP contribution in [0.1, 0.15) is 28.8 Å². The Morgan fingerprint density at radius 2 is 1.61 bits per heavy atom. The lowest BCUT2D eigenvalue weighted by atomic mass is 9.73. The van der Waals surface area contributed by atoms with E-state index in [4.69, 9.17) is 0 Å². The summed E-state index contributed by atoms with van der Waals surface area (Å²) in [6.45, 7) is 1.95. The molecule has 0 bridgehead atoms. The Kier molecular flexibility index (Phi) is 5.54. The number of nitrogens with zero attached hydrogens (tertiary/aromatic N) is 3. The molecule has 0 aromatic heterocycles. The highest BCUT2D eigenvalue weighted by atomic mass is 16.3. The van der Waals surface area contributed by atoms with E-state index in [1.54, 1.807) is 28.8 Å². The van der Waals surface area contributed by atoms with Gasteiger partial charge in [0, 0.05) is 39.0 Å². The minimum Gasteiger partial charge on any atom is -0.394 e. The Balaban J connectivity index is 1.54. The number of hydrogen-bond acceptors (Lipinski definition) is 4. The number of piperazine rings is 1. The van der Waals surface area contributed by atoms with Gasteiger partial charge < -0.3 is 19.8 Å². The van der Waals surface area contributed by atoms with E-state index in [0.717, 1.165) is 16.7 Å². The van der Waals surface area contributed by atoms with Crippen molar-refractivity contribution in [3.8, 4) is 11.1 Å². The van der Waals surface area contributed by atoms with Gasteiger partial charge in [0.1, 0.15) is 0 Å². The van der Waals surface area contributed by atoms with Crippen molar-refractivity contribution in [3.05, 3.63) is 59.7 Å². The van der Waals surface area contributed by atoms with Crippen molar-refractivity contribution in [2.24, 2.45) is 0 Å². The van der Waals surface area contributed by atoms with Crippen LogP contribution in [0.3, 0.4) is 0 Å². The number of aliphatic hydroxyl groups is 1. The fourth-order valence-electron chi connectivity index (χ4n) is 4.70. The van der Waals surface area contributed by atoms with Gasteiger partial charge in [-0.15, -0.1) is 0 Å². The third-order valence-electron chi connectivity index (χ3n) is 6.36. The Hall–Kier alpha value is -3.19. The SMILES string of the molecule is CC(=O)N1CC(=O)N2[C@H](CO)[C@H](c3ccc(-c4ccc(C(=O)N(C)C)cc4)cc3)[C@@H]2C1. The molecule has 2 aliphatic rings. The van der Waals surface area contributed by atoms with Crippen LogP contribution < -0.4 is 0 Å². The van der Waals surface area contributed by atoms with E-state index in [9.17, 15) is 19.5 Å². The monoisotopic (exact) mass is 421 g/mol. The lowest BCUT2D eigenvalue weighted by Crippen LogP contribution is -2.73. The van der Waals surface area contributed by atoms with E-state index in [1.807, 2.05) is 48.5 Å². The molecule has 0 unspecified atom stereocenters. The molecule has 7 nitrogen and oxygen atoms in total. The summed E-state index contributed by atoms with van der Waals surface area (Å²) in [6, 6.07) is 15.2. The van der Waals surface area contributed by atoms with Gasteiger partial charge >= 0.3 is 0 Å². The topological polar surface area (TPSA) is 81.2 Å². The summed E-state index contributed by atoms with van der Waals surface area (Å²) in [6.07, 6.45) is 0. The van der Waals surface area contributed by atoms with Gasteiger partial charge in [-0.2, -0.15) is 0 Å². The molecule has 3 amide bonds. The van der Waals surface area contributed by atoms with Crippen LogP contribution in [0.4, 0.5) is 0 Å². The molecule has 162 valence electrons. The van der Waals surface area contributed by atoms with E-state index in [2.05, 4.69) is 0 Å². The molecule has 3 atom stereocenters. The van der Waals surface area contributed by atoms with Gasteiger partial charge in [-0.1, -0.05) is 36.4 Å². The zero-order valence-corrected chi connectivity index (χ0v) is 18.0. The Bertz CT molecular complexity index is 1000. The molecule has 0 radical (unpaired) electrons. The van der Waals surface area contributed by atoms with Crippen LogP contribution in [0.2, 0.25) is 0 Å². The summed E-state index contributed by atoms with van der Waals surface area (Å²) in [7, 11) is 3.46. The predicted molar refractivity (Wildman–Crippen MR) is 116 cm³/mol. The lowest BCUT2D eigenvalue weighted by Gasteiger charge is -2.58. The van der Waals surface area contributed by atoms with Crippen molar-refractivity contribution in [3.63, 3.8) is 0 Å². The maximum atomic E-state index is 12.5. The van der Waals surface area contributed by atoms with Crippen LogP contribution in [0, 0.1) is 0 Å². The number of carbonyl (C=O) groups is 3. The second kappa shape index (κ2) is 8.15. The third-order valence-corrected chi connectivity index (χ3v) is 6.36. The van der Waals surface area contributed by atoms with Gasteiger partial charge in [0.25, 0.3) is 5.91 Å². The normalized spacial score (nSPS) is 22.6. The number of hydrogen-bond donors (Lipinski definition) is 1. The minimum absolute atomic E-state index is 0.00904. The molecular weight excluding hydrogens is 394 g/mol. The quantitative estimate of drug-likeness (QED) is 0.813. The molecule has 2 aromatic carbocycles. The van der Waals surface area contributed by atoms with Crippen LogP contribution in [0.15, 0.2) is 48.5 Å². The third kappa shape index (κ3) is 3.70. The Labute approximate surface area is 181 Å². The van der Waals surface area contributed by atoms with Crippen molar-refractivity contribution < 1.29 is 19.5 Å². The molecule has 31 heavy (non-hydrogen) atoms. The lowest BCUT2D eigenvalue weighted by molar-refractivity contribution is -0.166. The summed E-state index contributed by atoms with van der Waals surface area (Å²) in [5, 5.41) is 9.89. The molecule has 1 N–H and O–H groups in total. The van der Waals surface area contributed by atoms with E-state index in [-0.39, 0.29) is 48.9 Å². The predicted octanol–water partition coefficient (Wildman–Crippen LogP) is 1.57. The van der Waals surface area contributed by atoms with Gasteiger partial charge in [0.15, 0.2) is 0 Å². The molecule has 4 rings (SSSR count). The average Bonchev–Trinajstić information content (AvgIpc) is 2.75. The van der Waals surface area contributed by atoms with Gasteiger partial charge in [0.05, 0.1) is 25.2 Å². The molecule has 2 aromatic rings. The first-order chi connectivity index (χ1) is 14.8. The molecule has 7 heteroatoms. The smallest absolute Gasteiger partial charge is 0.253 e. The number of rotatable bonds is 4. The molecule has 2 aliphatic heterocycles. The first kappa shape index (κ1) is 21.1. The van der Waals surface area contributed by atoms with E-state index >= 15 is 0 Å². The maximum absolute atomic E-state index is 12.5. The van der Waals surface area contributed by atoms with Gasteiger partial charge in [-0.3, -0.25) is 14.4 Å². The summed E-state index contributed by atoms with van der Waals surface area (Å²) in [4.78, 5) is 41.2. The molecule has 2 fully saturated rings. The van der Waals surface area contributed by atoms with Gasteiger partial charge in [-0.25, -0.2) is 0 Å². The molecule has 2 saturated heterocycles. The van der Waals surface area contributed by atoms with Crippen molar-refractivity contribution in [1.82, 2.24) is 14.7 Å². The summed E-state index contributed by atoms with van der Waals surface area (Å²) in [5.74, 6) is -0.255. The Morgan fingerprint density at radius 3 is 2.13 bits per heavy atom. The number of aliphatic hydroxyl groups excluding tert-OH is 1. The highest BCUT2D eigenvalue weighted by molar-refractivity contribution is 5.94. The molecule has 0 saturated carbocycles. The van der Waals surface area contributed by atoms with Gasteiger partial charge in [-0.05, 0) is 28.8 Å². The fraction of sp³-hybridized carbons (Fsp3) is 0.375. The number of benzene rings is 2. The maximum Gasteiger partial charge on any atom is 0.253 e. The number of fused-ring (bicyclic) bond motifs is 1. The summed E-state index contributed by atoms with van der Waals surface area (Å²) < 4.78 is 0.